The molecular formula is C21H25IN4O2S2. The zero-order valence-corrected chi connectivity index (χ0v) is 21.0. The minimum atomic E-state index is -3.21. The highest BCUT2D eigenvalue weighted by atomic mass is 127. The molecule has 0 spiro atoms. The molecule has 0 bridgehead atoms. The van der Waals surface area contributed by atoms with Gasteiger partial charge in [-0.25, -0.2) is 13.4 Å². The Morgan fingerprint density at radius 3 is 2.43 bits per heavy atom. The van der Waals surface area contributed by atoms with Crippen molar-refractivity contribution < 1.29 is 8.42 Å². The van der Waals surface area contributed by atoms with Crippen molar-refractivity contribution in [1.82, 2.24) is 15.6 Å². The van der Waals surface area contributed by atoms with Crippen LogP contribution in [0.2, 0.25) is 0 Å². The number of sulfone groups is 1. The highest BCUT2D eigenvalue weighted by molar-refractivity contribution is 14.0. The Labute approximate surface area is 198 Å². The van der Waals surface area contributed by atoms with E-state index in [4.69, 9.17) is 0 Å². The topological polar surface area (TPSA) is 83.5 Å². The Kier molecular flexibility index (Phi) is 8.80. The first kappa shape index (κ1) is 24.3. The molecule has 0 saturated heterocycles. The lowest BCUT2D eigenvalue weighted by Gasteiger charge is -2.12. The van der Waals surface area contributed by atoms with E-state index in [1.807, 2.05) is 47.8 Å². The van der Waals surface area contributed by atoms with Gasteiger partial charge >= 0.3 is 0 Å². The molecule has 3 aromatic rings. The van der Waals surface area contributed by atoms with Gasteiger partial charge in [0, 0.05) is 30.8 Å². The van der Waals surface area contributed by atoms with Crippen LogP contribution in [0, 0.1) is 6.92 Å². The van der Waals surface area contributed by atoms with Gasteiger partial charge in [-0.15, -0.1) is 35.3 Å². The number of nitrogens with zero attached hydrogens (tertiary/aromatic N) is 2. The van der Waals surface area contributed by atoms with E-state index in [9.17, 15) is 8.42 Å². The lowest BCUT2D eigenvalue weighted by atomic mass is 10.1. The second-order valence-corrected chi connectivity index (χ2v) is 9.50. The summed E-state index contributed by atoms with van der Waals surface area (Å²) in [6.45, 7) is 2.91. The van der Waals surface area contributed by atoms with Crippen molar-refractivity contribution in [2.45, 2.75) is 24.9 Å². The molecule has 3 rings (SSSR count). The van der Waals surface area contributed by atoms with Crippen molar-refractivity contribution in [3.63, 3.8) is 0 Å². The van der Waals surface area contributed by atoms with E-state index in [2.05, 4.69) is 20.6 Å². The summed E-state index contributed by atoms with van der Waals surface area (Å²) >= 11 is 1.62. The number of guanidine groups is 1. The maximum Gasteiger partial charge on any atom is 0.191 e. The molecule has 0 amide bonds. The van der Waals surface area contributed by atoms with Crippen molar-refractivity contribution in [1.29, 1.82) is 0 Å². The smallest absolute Gasteiger partial charge is 0.191 e. The Morgan fingerprint density at radius 1 is 1.10 bits per heavy atom. The molecule has 0 unspecified atom stereocenters. The predicted molar refractivity (Wildman–Crippen MR) is 134 cm³/mol. The molecule has 0 atom stereocenters. The molecule has 0 radical (unpaired) electrons. The summed E-state index contributed by atoms with van der Waals surface area (Å²) in [4.78, 5) is 9.26. The third-order valence-electron chi connectivity index (χ3n) is 4.33. The number of aromatic nitrogens is 1. The molecule has 1 heterocycles. The standard InChI is InChI=1S/C21H24N4O2S2.HI/c1-15-11-16(9-10-19(15)29(3,26)27)12-23-21(22-2)24-13-18-14-28-20(25-18)17-7-5-4-6-8-17;/h4-11,14H,12-13H2,1-3H3,(H2,22,23,24);1H. The second-order valence-electron chi connectivity index (χ2n) is 6.66. The van der Waals surface area contributed by atoms with Crippen molar-refractivity contribution in [2.24, 2.45) is 4.99 Å². The van der Waals surface area contributed by atoms with E-state index in [0.29, 0.717) is 23.9 Å². The van der Waals surface area contributed by atoms with Crippen LogP contribution in [0.5, 0.6) is 0 Å². The largest absolute Gasteiger partial charge is 0.352 e. The van der Waals surface area contributed by atoms with Gasteiger partial charge in [-0.1, -0.05) is 42.5 Å². The van der Waals surface area contributed by atoms with Gasteiger partial charge in [0.05, 0.1) is 17.1 Å². The van der Waals surface area contributed by atoms with Crippen LogP contribution in [-0.2, 0) is 22.9 Å². The van der Waals surface area contributed by atoms with Gasteiger partial charge in [-0.2, -0.15) is 0 Å². The third-order valence-corrected chi connectivity index (χ3v) is 6.53. The molecule has 0 aliphatic heterocycles. The van der Waals surface area contributed by atoms with E-state index in [1.54, 1.807) is 31.4 Å². The van der Waals surface area contributed by atoms with Crippen molar-refractivity contribution in [2.75, 3.05) is 13.3 Å². The first-order valence-electron chi connectivity index (χ1n) is 9.11. The van der Waals surface area contributed by atoms with Crippen molar-refractivity contribution >= 4 is 51.1 Å². The first-order valence-corrected chi connectivity index (χ1v) is 11.9. The quantitative estimate of drug-likeness (QED) is 0.273. The highest BCUT2D eigenvalue weighted by Crippen LogP contribution is 2.23. The van der Waals surface area contributed by atoms with Crippen LogP contribution >= 0.6 is 35.3 Å². The van der Waals surface area contributed by atoms with Crippen molar-refractivity contribution in [3.8, 4) is 10.6 Å². The van der Waals surface area contributed by atoms with Crippen LogP contribution in [0.1, 0.15) is 16.8 Å². The molecule has 6 nitrogen and oxygen atoms in total. The highest BCUT2D eigenvalue weighted by Gasteiger charge is 2.11. The second kappa shape index (κ2) is 10.9. The molecule has 160 valence electrons. The number of aryl methyl sites for hydroxylation is 1. The third kappa shape index (κ3) is 6.51. The fourth-order valence-corrected chi connectivity index (χ4v) is 4.70. The Bertz CT molecular complexity index is 1110. The van der Waals surface area contributed by atoms with E-state index in [0.717, 1.165) is 27.4 Å². The average Bonchev–Trinajstić information content (AvgIpc) is 3.17. The molecule has 0 aliphatic carbocycles. The number of benzene rings is 2. The minimum Gasteiger partial charge on any atom is -0.352 e. The summed E-state index contributed by atoms with van der Waals surface area (Å²) in [7, 11) is -1.49. The van der Waals surface area contributed by atoms with E-state index in [-0.39, 0.29) is 24.0 Å². The number of aliphatic imine (C=N–C) groups is 1. The Balaban J connectivity index is 0.00000320. The summed E-state index contributed by atoms with van der Waals surface area (Å²) < 4.78 is 23.5. The molecule has 2 aromatic carbocycles. The van der Waals surface area contributed by atoms with Gasteiger partial charge < -0.3 is 10.6 Å². The van der Waals surface area contributed by atoms with E-state index >= 15 is 0 Å². The number of halogens is 1. The van der Waals surface area contributed by atoms with Gasteiger partial charge in [0.25, 0.3) is 0 Å². The van der Waals surface area contributed by atoms with Gasteiger partial charge in [-0.3, -0.25) is 4.99 Å². The van der Waals surface area contributed by atoms with Gasteiger partial charge in [0.2, 0.25) is 0 Å². The van der Waals surface area contributed by atoms with Crippen molar-refractivity contribution in [3.05, 3.63) is 70.7 Å². The fraction of sp³-hybridized carbons (Fsp3) is 0.238. The average molecular weight is 556 g/mol. The van der Waals surface area contributed by atoms with Crippen LogP contribution in [0.4, 0.5) is 0 Å². The molecule has 0 fully saturated rings. The zero-order chi connectivity index (χ0) is 20.9. The summed E-state index contributed by atoms with van der Waals surface area (Å²) in [6, 6.07) is 15.4. The Morgan fingerprint density at radius 2 is 1.80 bits per heavy atom. The Hall–Kier alpha value is -1.98. The minimum absolute atomic E-state index is 0. The van der Waals surface area contributed by atoms with E-state index < -0.39 is 9.84 Å². The molecule has 0 aliphatic rings. The lowest BCUT2D eigenvalue weighted by Crippen LogP contribution is -2.36. The summed E-state index contributed by atoms with van der Waals surface area (Å²) in [5, 5.41) is 9.53. The zero-order valence-electron chi connectivity index (χ0n) is 17.0. The number of rotatable bonds is 6. The molecule has 2 N–H and O–H groups in total. The predicted octanol–water partition coefficient (Wildman–Crippen LogP) is 4.01. The monoisotopic (exact) mass is 556 g/mol. The molecular weight excluding hydrogens is 531 g/mol. The van der Waals surface area contributed by atoms with Crippen LogP contribution in [-0.4, -0.2) is 32.7 Å². The van der Waals surface area contributed by atoms with Crippen LogP contribution < -0.4 is 10.6 Å². The SMILES string of the molecule is CN=C(NCc1ccc(S(C)(=O)=O)c(C)c1)NCc1csc(-c2ccccc2)n1.I. The van der Waals surface area contributed by atoms with Gasteiger partial charge in [0.15, 0.2) is 15.8 Å². The number of thiazole rings is 1. The van der Waals surface area contributed by atoms with Gasteiger partial charge in [0.1, 0.15) is 5.01 Å². The maximum absolute atomic E-state index is 11.7. The fourth-order valence-electron chi connectivity index (χ4n) is 2.92. The lowest BCUT2D eigenvalue weighted by molar-refractivity contribution is 0.601. The molecule has 0 saturated carbocycles. The molecule has 1 aromatic heterocycles. The maximum atomic E-state index is 11.7. The summed E-state index contributed by atoms with van der Waals surface area (Å²) in [6.07, 6.45) is 1.22. The summed E-state index contributed by atoms with van der Waals surface area (Å²) in [5.74, 6) is 0.657. The van der Waals surface area contributed by atoms with Crippen LogP contribution in [0.15, 0.2) is 63.8 Å². The van der Waals surface area contributed by atoms with Crippen LogP contribution in [0.3, 0.4) is 0 Å². The van der Waals surface area contributed by atoms with Crippen LogP contribution in [0.25, 0.3) is 10.6 Å². The van der Waals surface area contributed by atoms with E-state index in [1.165, 1.54) is 6.26 Å². The molecule has 30 heavy (non-hydrogen) atoms. The van der Waals surface area contributed by atoms with Gasteiger partial charge in [-0.05, 0) is 24.1 Å². The first-order chi connectivity index (χ1) is 13.9. The number of nitrogens with one attached hydrogen (secondary N) is 2. The molecule has 9 heteroatoms. The summed E-state index contributed by atoms with van der Waals surface area (Å²) in [5.41, 5.74) is 3.79. The number of hydrogen-bond donors (Lipinski definition) is 2. The normalized spacial score (nSPS) is 11.6. The number of hydrogen-bond acceptors (Lipinski definition) is 5.